The molecule has 0 aliphatic carbocycles. The van der Waals surface area contributed by atoms with E-state index < -0.39 is 6.61 Å². The second-order valence-corrected chi connectivity index (χ2v) is 6.05. The van der Waals surface area contributed by atoms with Gasteiger partial charge in [-0.1, -0.05) is 42.5 Å². The molecule has 3 aromatic rings. The highest BCUT2D eigenvalue weighted by Crippen LogP contribution is 2.30. The fourth-order valence-corrected chi connectivity index (χ4v) is 2.97. The molecule has 0 aromatic heterocycles. The van der Waals surface area contributed by atoms with E-state index in [-0.39, 0.29) is 17.4 Å². The largest absolute Gasteiger partial charge is 0.493 e. The third-order valence-corrected chi connectivity index (χ3v) is 4.23. The number of benzene rings is 3. The number of hydrogen-bond acceptors (Lipinski definition) is 3. The quantitative estimate of drug-likeness (QED) is 0.629. The molecule has 0 aliphatic heterocycles. The van der Waals surface area contributed by atoms with Gasteiger partial charge in [-0.25, -0.2) is 0 Å². The van der Waals surface area contributed by atoms with Gasteiger partial charge in [0.05, 0.1) is 7.11 Å². The number of rotatable bonds is 6. The number of carbonyl (C=O) groups is 1. The zero-order valence-electron chi connectivity index (χ0n) is 15.0. The van der Waals surface area contributed by atoms with E-state index in [2.05, 4.69) is 4.74 Å². The maximum absolute atomic E-state index is 12.9. The summed E-state index contributed by atoms with van der Waals surface area (Å²) in [5.41, 5.74) is 1.35. The molecule has 0 fully saturated rings. The minimum atomic E-state index is -2.93. The van der Waals surface area contributed by atoms with Crippen LogP contribution in [0.3, 0.4) is 0 Å². The highest BCUT2D eigenvalue weighted by atomic mass is 19.3. The van der Waals surface area contributed by atoms with Crippen LogP contribution in [0.5, 0.6) is 11.5 Å². The van der Waals surface area contributed by atoms with E-state index in [4.69, 9.17) is 4.74 Å². The van der Waals surface area contributed by atoms with Gasteiger partial charge in [-0.2, -0.15) is 8.78 Å². The fraction of sp³-hybridized carbons (Fsp3) is 0.190. The summed E-state index contributed by atoms with van der Waals surface area (Å²) in [6, 6.07) is 17.9. The molecule has 0 aliphatic rings. The van der Waals surface area contributed by atoms with E-state index in [1.165, 1.54) is 13.2 Å². The lowest BCUT2D eigenvalue weighted by molar-refractivity contribution is -0.0512. The van der Waals surface area contributed by atoms with Crippen LogP contribution in [0.4, 0.5) is 8.78 Å². The molecule has 0 saturated heterocycles. The molecule has 4 nitrogen and oxygen atoms in total. The summed E-state index contributed by atoms with van der Waals surface area (Å²) >= 11 is 0. The van der Waals surface area contributed by atoms with Gasteiger partial charge in [0.25, 0.3) is 5.91 Å². The summed E-state index contributed by atoms with van der Waals surface area (Å²) in [6.45, 7) is -2.63. The van der Waals surface area contributed by atoms with Crippen molar-refractivity contribution in [3.63, 3.8) is 0 Å². The number of methoxy groups -OCH3 is 1. The molecule has 1 amide bonds. The van der Waals surface area contributed by atoms with Crippen LogP contribution in [0.2, 0.25) is 0 Å². The Hall–Kier alpha value is -3.15. The Balaban J connectivity index is 1.82. The Labute approximate surface area is 155 Å². The van der Waals surface area contributed by atoms with Gasteiger partial charge in [0, 0.05) is 19.2 Å². The van der Waals surface area contributed by atoms with Gasteiger partial charge < -0.3 is 14.4 Å². The monoisotopic (exact) mass is 371 g/mol. The van der Waals surface area contributed by atoms with Crippen molar-refractivity contribution in [2.45, 2.75) is 13.2 Å². The summed E-state index contributed by atoms with van der Waals surface area (Å²) in [6.07, 6.45) is 0. The number of fused-ring (bicyclic) bond motifs is 1. The second kappa shape index (κ2) is 8.03. The van der Waals surface area contributed by atoms with Crippen molar-refractivity contribution in [2.75, 3.05) is 14.2 Å². The number of amides is 1. The third-order valence-electron chi connectivity index (χ3n) is 4.23. The molecule has 0 heterocycles. The SMILES string of the molecule is COc1cc(CN(C)C(=O)c2cccc3ccccc23)ccc1OC(F)F. The maximum atomic E-state index is 12.9. The number of carbonyl (C=O) groups excluding carboxylic acids is 1. The predicted molar refractivity (Wildman–Crippen MR) is 99.4 cm³/mol. The fourth-order valence-electron chi connectivity index (χ4n) is 2.97. The molecule has 0 bridgehead atoms. The first-order valence-corrected chi connectivity index (χ1v) is 8.34. The van der Waals surface area contributed by atoms with Gasteiger partial charge in [0.15, 0.2) is 11.5 Å². The normalized spacial score (nSPS) is 10.9. The number of halogens is 2. The standard InChI is InChI=1S/C21H19F2NO3/c1-24(13-14-10-11-18(27-21(22)23)19(12-14)26-2)20(25)17-9-5-7-15-6-3-4-8-16(15)17/h3-12,21H,13H2,1-2H3. The van der Waals surface area contributed by atoms with E-state index in [0.717, 1.165) is 16.3 Å². The molecule has 3 aromatic carbocycles. The molecule has 0 atom stereocenters. The highest BCUT2D eigenvalue weighted by Gasteiger charge is 2.16. The van der Waals surface area contributed by atoms with Gasteiger partial charge in [-0.05, 0) is 34.5 Å². The van der Waals surface area contributed by atoms with Crippen molar-refractivity contribution in [1.29, 1.82) is 0 Å². The van der Waals surface area contributed by atoms with Gasteiger partial charge in [0.1, 0.15) is 0 Å². The minimum Gasteiger partial charge on any atom is -0.493 e. The summed E-state index contributed by atoms with van der Waals surface area (Å²) in [7, 11) is 3.07. The van der Waals surface area contributed by atoms with Crippen molar-refractivity contribution in [2.24, 2.45) is 0 Å². The molecule has 0 spiro atoms. The van der Waals surface area contributed by atoms with Crippen LogP contribution in [-0.4, -0.2) is 31.6 Å². The van der Waals surface area contributed by atoms with Crippen LogP contribution in [0, 0.1) is 0 Å². The van der Waals surface area contributed by atoms with E-state index >= 15 is 0 Å². The van der Waals surface area contributed by atoms with Crippen molar-refractivity contribution in [3.05, 3.63) is 71.8 Å². The second-order valence-electron chi connectivity index (χ2n) is 6.05. The molecule has 0 unspecified atom stereocenters. The lowest BCUT2D eigenvalue weighted by Gasteiger charge is -2.19. The van der Waals surface area contributed by atoms with Crippen molar-refractivity contribution < 1.29 is 23.0 Å². The number of ether oxygens (including phenoxy) is 2. The predicted octanol–water partition coefficient (Wildman–Crippen LogP) is 4.72. The Morgan fingerprint density at radius 2 is 1.78 bits per heavy atom. The summed E-state index contributed by atoms with van der Waals surface area (Å²) in [4.78, 5) is 14.5. The molecule has 0 radical (unpaired) electrons. The molecule has 3 rings (SSSR count). The average Bonchev–Trinajstić information content (AvgIpc) is 2.67. The van der Waals surface area contributed by atoms with E-state index in [1.807, 2.05) is 36.4 Å². The lowest BCUT2D eigenvalue weighted by Crippen LogP contribution is -2.26. The summed E-state index contributed by atoms with van der Waals surface area (Å²) in [5, 5.41) is 1.88. The maximum Gasteiger partial charge on any atom is 0.387 e. The lowest BCUT2D eigenvalue weighted by atomic mass is 10.0. The molecular weight excluding hydrogens is 352 g/mol. The summed E-state index contributed by atoms with van der Waals surface area (Å²) < 4.78 is 34.4. The van der Waals surface area contributed by atoms with Crippen molar-refractivity contribution >= 4 is 16.7 Å². The zero-order valence-corrected chi connectivity index (χ0v) is 15.0. The molecule has 0 N–H and O–H groups in total. The van der Waals surface area contributed by atoms with E-state index in [0.29, 0.717) is 12.1 Å². The smallest absolute Gasteiger partial charge is 0.387 e. The van der Waals surface area contributed by atoms with Gasteiger partial charge >= 0.3 is 6.61 Å². The molecule has 0 saturated carbocycles. The highest BCUT2D eigenvalue weighted by molar-refractivity contribution is 6.06. The van der Waals surface area contributed by atoms with Gasteiger partial charge in [-0.3, -0.25) is 4.79 Å². The Bertz CT molecular complexity index is 954. The Morgan fingerprint density at radius 3 is 2.52 bits per heavy atom. The number of nitrogens with zero attached hydrogens (tertiary/aromatic N) is 1. The minimum absolute atomic E-state index is 0.0423. The van der Waals surface area contributed by atoms with Crippen molar-refractivity contribution in [1.82, 2.24) is 4.90 Å². The first-order valence-electron chi connectivity index (χ1n) is 8.34. The Kier molecular flexibility index (Phi) is 5.54. The van der Waals surface area contributed by atoms with E-state index in [9.17, 15) is 13.6 Å². The molecule has 6 heteroatoms. The van der Waals surface area contributed by atoms with Crippen LogP contribution in [0.1, 0.15) is 15.9 Å². The number of alkyl halides is 2. The van der Waals surface area contributed by atoms with Crippen LogP contribution >= 0.6 is 0 Å². The van der Waals surface area contributed by atoms with Crippen LogP contribution < -0.4 is 9.47 Å². The average molecular weight is 371 g/mol. The van der Waals surface area contributed by atoms with Gasteiger partial charge in [-0.15, -0.1) is 0 Å². The van der Waals surface area contributed by atoms with Crippen LogP contribution in [0.25, 0.3) is 10.8 Å². The van der Waals surface area contributed by atoms with Crippen LogP contribution in [0.15, 0.2) is 60.7 Å². The zero-order chi connectivity index (χ0) is 19.4. The van der Waals surface area contributed by atoms with E-state index in [1.54, 1.807) is 30.1 Å². The van der Waals surface area contributed by atoms with Crippen LogP contribution in [-0.2, 0) is 6.54 Å². The summed E-state index contributed by atoms with van der Waals surface area (Å²) in [5.74, 6) is 0.0248. The molecular formula is C21H19F2NO3. The third kappa shape index (κ3) is 4.16. The van der Waals surface area contributed by atoms with Gasteiger partial charge in [0.2, 0.25) is 0 Å². The molecule has 140 valence electrons. The molecule has 27 heavy (non-hydrogen) atoms. The first kappa shape index (κ1) is 18.6. The Morgan fingerprint density at radius 1 is 1.04 bits per heavy atom. The topological polar surface area (TPSA) is 38.8 Å². The first-order chi connectivity index (χ1) is 13.0. The number of hydrogen-bond donors (Lipinski definition) is 0. The van der Waals surface area contributed by atoms with Crippen molar-refractivity contribution in [3.8, 4) is 11.5 Å².